The molecule has 0 spiro atoms. The number of halogens is 1. The molecule has 2 aromatic rings. The molecule has 0 unspecified atom stereocenters. The molecule has 0 aliphatic heterocycles. The number of aryl methyl sites for hydroxylation is 1. The van der Waals surface area contributed by atoms with Gasteiger partial charge in [-0.2, -0.15) is 5.26 Å². The van der Waals surface area contributed by atoms with Gasteiger partial charge in [-0.05, 0) is 36.2 Å². The zero-order chi connectivity index (χ0) is 13.7. The lowest BCUT2D eigenvalue weighted by Gasteiger charge is -2.10. The lowest BCUT2D eigenvalue weighted by molar-refractivity contribution is 0.297. The van der Waals surface area contributed by atoms with Gasteiger partial charge in [-0.1, -0.05) is 25.1 Å². The Kier molecular flexibility index (Phi) is 4.15. The molecule has 19 heavy (non-hydrogen) atoms. The maximum atomic E-state index is 13.6. The fourth-order valence-corrected chi connectivity index (χ4v) is 1.85. The standard InChI is InChI=1S/C16H14FNO/c1-2-13-5-3-4-6-16(13)19-11-14-9-12(10-18)7-8-15(14)17/h3-9H,2,11H2,1H3. The van der Waals surface area contributed by atoms with Gasteiger partial charge in [0.25, 0.3) is 0 Å². The highest BCUT2D eigenvalue weighted by Crippen LogP contribution is 2.20. The largest absolute Gasteiger partial charge is 0.489 e. The van der Waals surface area contributed by atoms with Gasteiger partial charge in [-0.15, -0.1) is 0 Å². The summed E-state index contributed by atoms with van der Waals surface area (Å²) in [6.45, 7) is 2.16. The fourth-order valence-electron chi connectivity index (χ4n) is 1.85. The van der Waals surface area contributed by atoms with Crippen LogP contribution in [0.2, 0.25) is 0 Å². The van der Waals surface area contributed by atoms with Crippen molar-refractivity contribution >= 4 is 0 Å². The van der Waals surface area contributed by atoms with Crippen LogP contribution in [-0.4, -0.2) is 0 Å². The summed E-state index contributed by atoms with van der Waals surface area (Å²) in [6, 6.07) is 13.9. The zero-order valence-corrected chi connectivity index (χ0v) is 10.7. The van der Waals surface area contributed by atoms with E-state index in [1.54, 1.807) is 0 Å². The van der Waals surface area contributed by atoms with E-state index in [1.807, 2.05) is 37.3 Å². The molecule has 2 rings (SSSR count). The lowest BCUT2D eigenvalue weighted by Crippen LogP contribution is -2.01. The first-order valence-electron chi connectivity index (χ1n) is 6.13. The molecule has 0 heterocycles. The summed E-state index contributed by atoms with van der Waals surface area (Å²) in [5.41, 5.74) is 1.91. The van der Waals surface area contributed by atoms with E-state index in [4.69, 9.17) is 10.00 Å². The van der Waals surface area contributed by atoms with E-state index in [0.717, 1.165) is 17.7 Å². The summed E-state index contributed by atoms with van der Waals surface area (Å²) in [6.07, 6.45) is 0.858. The fraction of sp³-hybridized carbons (Fsp3) is 0.188. The Morgan fingerprint density at radius 1 is 1.16 bits per heavy atom. The van der Waals surface area contributed by atoms with Crippen LogP contribution in [0.25, 0.3) is 0 Å². The number of benzene rings is 2. The topological polar surface area (TPSA) is 33.0 Å². The van der Waals surface area contributed by atoms with Gasteiger partial charge < -0.3 is 4.74 Å². The van der Waals surface area contributed by atoms with Crippen LogP contribution in [0.15, 0.2) is 42.5 Å². The van der Waals surface area contributed by atoms with Crippen LogP contribution in [0.5, 0.6) is 5.75 Å². The van der Waals surface area contributed by atoms with Crippen molar-refractivity contribution in [3.8, 4) is 11.8 Å². The molecule has 3 heteroatoms. The highest BCUT2D eigenvalue weighted by Gasteiger charge is 2.06. The molecule has 2 aromatic carbocycles. The van der Waals surface area contributed by atoms with Gasteiger partial charge in [0.15, 0.2) is 0 Å². The lowest BCUT2D eigenvalue weighted by atomic mass is 10.1. The Morgan fingerprint density at radius 3 is 2.68 bits per heavy atom. The highest BCUT2D eigenvalue weighted by molar-refractivity contribution is 5.35. The third-order valence-corrected chi connectivity index (χ3v) is 2.91. The van der Waals surface area contributed by atoms with Crippen molar-refractivity contribution in [3.05, 3.63) is 65.0 Å². The number of para-hydroxylation sites is 1. The first kappa shape index (κ1) is 13.1. The second-order valence-electron chi connectivity index (χ2n) is 4.17. The van der Waals surface area contributed by atoms with Crippen molar-refractivity contribution in [1.29, 1.82) is 5.26 Å². The molecule has 0 aliphatic carbocycles. The first-order valence-corrected chi connectivity index (χ1v) is 6.13. The van der Waals surface area contributed by atoms with Gasteiger partial charge in [0.05, 0.1) is 11.6 Å². The minimum Gasteiger partial charge on any atom is -0.489 e. The quantitative estimate of drug-likeness (QED) is 0.831. The van der Waals surface area contributed by atoms with Crippen molar-refractivity contribution < 1.29 is 9.13 Å². The van der Waals surface area contributed by atoms with Crippen molar-refractivity contribution in [1.82, 2.24) is 0 Å². The molecule has 0 radical (unpaired) electrons. The normalized spacial score (nSPS) is 9.95. The smallest absolute Gasteiger partial charge is 0.129 e. The van der Waals surface area contributed by atoms with Crippen molar-refractivity contribution in [3.63, 3.8) is 0 Å². The van der Waals surface area contributed by atoms with Crippen molar-refractivity contribution in [2.75, 3.05) is 0 Å². The predicted octanol–water partition coefficient (Wildman–Crippen LogP) is 3.84. The molecule has 0 fully saturated rings. The monoisotopic (exact) mass is 255 g/mol. The van der Waals surface area contributed by atoms with Gasteiger partial charge in [0.1, 0.15) is 18.2 Å². The minimum absolute atomic E-state index is 0.123. The Balaban J connectivity index is 2.17. The molecule has 2 nitrogen and oxygen atoms in total. The molecule has 0 aliphatic rings. The average Bonchev–Trinajstić information content (AvgIpc) is 2.46. The average molecular weight is 255 g/mol. The summed E-state index contributed by atoms with van der Waals surface area (Å²) >= 11 is 0. The molecule has 0 bridgehead atoms. The summed E-state index contributed by atoms with van der Waals surface area (Å²) < 4.78 is 19.2. The Bertz CT molecular complexity index is 616. The van der Waals surface area contributed by atoms with Crippen molar-refractivity contribution in [2.24, 2.45) is 0 Å². The Hall–Kier alpha value is -2.34. The maximum absolute atomic E-state index is 13.6. The van der Waals surface area contributed by atoms with Crippen LogP contribution in [0.4, 0.5) is 4.39 Å². The van der Waals surface area contributed by atoms with Gasteiger partial charge >= 0.3 is 0 Å². The van der Waals surface area contributed by atoms with E-state index in [-0.39, 0.29) is 12.4 Å². The molecule has 0 atom stereocenters. The van der Waals surface area contributed by atoms with E-state index in [9.17, 15) is 4.39 Å². The van der Waals surface area contributed by atoms with E-state index < -0.39 is 0 Å². The first-order chi connectivity index (χ1) is 9.24. The molecular formula is C16H14FNO. The Morgan fingerprint density at radius 2 is 1.95 bits per heavy atom. The molecular weight excluding hydrogens is 241 g/mol. The van der Waals surface area contributed by atoms with E-state index in [1.165, 1.54) is 18.2 Å². The SMILES string of the molecule is CCc1ccccc1OCc1cc(C#N)ccc1F. The predicted molar refractivity (Wildman–Crippen MR) is 71.3 cm³/mol. The number of ether oxygens (including phenoxy) is 1. The molecule has 96 valence electrons. The molecule has 0 saturated heterocycles. The molecule has 0 saturated carbocycles. The maximum Gasteiger partial charge on any atom is 0.129 e. The molecule has 0 amide bonds. The zero-order valence-electron chi connectivity index (χ0n) is 10.7. The molecule has 0 N–H and O–H groups in total. The number of rotatable bonds is 4. The van der Waals surface area contributed by atoms with E-state index in [0.29, 0.717) is 11.1 Å². The summed E-state index contributed by atoms with van der Waals surface area (Å²) in [5.74, 6) is 0.403. The number of hydrogen-bond acceptors (Lipinski definition) is 2. The van der Waals surface area contributed by atoms with Crippen molar-refractivity contribution in [2.45, 2.75) is 20.0 Å². The van der Waals surface area contributed by atoms with Gasteiger partial charge in [0.2, 0.25) is 0 Å². The summed E-state index contributed by atoms with van der Waals surface area (Å²) in [4.78, 5) is 0. The second kappa shape index (κ2) is 6.01. The van der Waals surface area contributed by atoms with Gasteiger partial charge in [-0.25, -0.2) is 4.39 Å². The van der Waals surface area contributed by atoms with E-state index >= 15 is 0 Å². The van der Waals surface area contributed by atoms with Gasteiger partial charge in [-0.3, -0.25) is 0 Å². The van der Waals surface area contributed by atoms with Crippen LogP contribution in [-0.2, 0) is 13.0 Å². The van der Waals surface area contributed by atoms with Crippen LogP contribution in [0.3, 0.4) is 0 Å². The van der Waals surface area contributed by atoms with E-state index in [2.05, 4.69) is 0 Å². The third kappa shape index (κ3) is 3.11. The third-order valence-electron chi connectivity index (χ3n) is 2.91. The number of nitriles is 1. The van der Waals surface area contributed by atoms with Crippen LogP contribution in [0.1, 0.15) is 23.6 Å². The molecule has 0 aromatic heterocycles. The van der Waals surface area contributed by atoms with Crippen LogP contribution in [0, 0.1) is 17.1 Å². The van der Waals surface area contributed by atoms with Crippen LogP contribution >= 0.6 is 0 Å². The minimum atomic E-state index is -0.354. The second-order valence-corrected chi connectivity index (χ2v) is 4.17. The van der Waals surface area contributed by atoms with Crippen LogP contribution < -0.4 is 4.74 Å². The summed E-state index contributed by atoms with van der Waals surface area (Å²) in [5, 5.41) is 8.81. The summed E-state index contributed by atoms with van der Waals surface area (Å²) in [7, 11) is 0. The highest BCUT2D eigenvalue weighted by atomic mass is 19.1. The Labute approximate surface area is 112 Å². The number of nitrogens with zero attached hydrogens (tertiary/aromatic N) is 1. The van der Waals surface area contributed by atoms with Gasteiger partial charge in [0, 0.05) is 5.56 Å². The number of hydrogen-bond donors (Lipinski definition) is 0.